The van der Waals surface area contributed by atoms with Gasteiger partial charge in [-0.15, -0.1) is 11.3 Å². The molecule has 2 amide bonds. The molecule has 0 fully saturated rings. The van der Waals surface area contributed by atoms with E-state index < -0.39 is 5.97 Å². The lowest BCUT2D eigenvalue weighted by Gasteiger charge is -2.18. The molecule has 0 aliphatic rings. The molecule has 0 radical (unpaired) electrons. The second kappa shape index (κ2) is 6.36. The van der Waals surface area contributed by atoms with E-state index in [1.165, 1.54) is 22.3 Å². The third-order valence-corrected chi connectivity index (χ3v) is 3.60. The molecule has 0 saturated carbocycles. The van der Waals surface area contributed by atoms with E-state index >= 15 is 0 Å². The maximum atomic E-state index is 12.2. The van der Waals surface area contributed by atoms with Crippen LogP contribution < -0.4 is 5.32 Å². The second-order valence-corrected chi connectivity index (χ2v) is 5.29. The molecule has 0 saturated heterocycles. The monoisotopic (exact) mass is 305 g/mol. The predicted molar refractivity (Wildman–Crippen MR) is 80.7 cm³/mol. The highest BCUT2D eigenvalue weighted by Crippen LogP contribution is 2.21. The molecule has 2 N–H and O–H groups in total. The molecule has 1 aromatic heterocycles. The summed E-state index contributed by atoms with van der Waals surface area (Å²) in [4.78, 5) is 28.9. The van der Waals surface area contributed by atoms with Crippen molar-refractivity contribution in [2.24, 2.45) is 0 Å². The molecule has 0 bridgehead atoms. The summed E-state index contributed by atoms with van der Waals surface area (Å²) in [6.45, 7) is 2.12. The number of aromatic nitrogens is 1. The van der Waals surface area contributed by atoms with Gasteiger partial charge in [0.25, 0.3) is 0 Å². The highest BCUT2D eigenvalue weighted by Gasteiger charge is 2.17. The minimum absolute atomic E-state index is 0.0745. The Labute approximate surface area is 126 Å². The summed E-state index contributed by atoms with van der Waals surface area (Å²) in [6, 6.07) is 4.49. The number of para-hydroxylation sites is 1. The lowest BCUT2D eigenvalue weighted by atomic mass is 10.1. The number of carboxylic acids is 1. The summed E-state index contributed by atoms with van der Waals surface area (Å²) in [5.74, 6) is -1.07. The summed E-state index contributed by atoms with van der Waals surface area (Å²) >= 11 is 1.46. The first-order valence-electron chi connectivity index (χ1n) is 6.21. The van der Waals surface area contributed by atoms with E-state index in [1.807, 2.05) is 5.38 Å². The van der Waals surface area contributed by atoms with E-state index in [9.17, 15) is 14.7 Å². The first kappa shape index (κ1) is 15.0. The number of hydrogen-bond acceptors (Lipinski definition) is 4. The number of nitrogens with one attached hydrogen (secondary N) is 1. The van der Waals surface area contributed by atoms with Gasteiger partial charge in [0.15, 0.2) is 0 Å². The first-order valence-corrected chi connectivity index (χ1v) is 7.15. The number of rotatable bonds is 4. The number of benzene rings is 1. The van der Waals surface area contributed by atoms with Crippen LogP contribution in [0.25, 0.3) is 0 Å². The smallest absolute Gasteiger partial charge is 0.337 e. The number of carbonyl (C=O) groups excluding carboxylic acids is 1. The van der Waals surface area contributed by atoms with E-state index in [1.54, 1.807) is 31.6 Å². The van der Waals surface area contributed by atoms with Crippen LogP contribution in [0.4, 0.5) is 10.5 Å². The Morgan fingerprint density at radius 2 is 2.19 bits per heavy atom. The van der Waals surface area contributed by atoms with Crippen molar-refractivity contribution in [2.45, 2.75) is 13.5 Å². The van der Waals surface area contributed by atoms with Crippen LogP contribution in [0.15, 0.2) is 29.1 Å². The van der Waals surface area contributed by atoms with Crippen molar-refractivity contribution in [1.82, 2.24) is 9.88 Å². The maximum Gasteiger partial charge on any atom is 0.337 e. The van der Waals surface area contributed by atoms with Crippen LogP contribution in [0, 0.1) is 6.92 Å². The minimum Gasteiger partial charge on any atom is -0.478 e. The molecule has 2 aromatic rings. The zero-order valence-electron chi connectivity index (χ0n) is 11.7. The number of urea groups is 1. The summed E-state index contributed by atoms with van der Waals surface area (Å²) < 4.78 is 0. The fourth-order valence-corrected chi connectivity index (χ4v) is 2.39. The Morgan fingerprint density at radius 1 is 1.43 bits per heavy atom. The quantitative estimate of drug-likeness (QED) is 0.910. The Balaban J connectivity index is 2.14. The van der Waals surface area contributed by atoms with E-state index in [4.69, 9.17) is 0 Å². The van der Waals surface area contributed by atoms with Crippen LogP contribution in [-0.4, -0.2) is 34.0 Å². The van der Waals surface area contributed by atoms with Gasteiger partial charge in [-0.2, -0.15) is 0 Å². The number of thiazole rings is 1. The fraction of sp³-hybridized carbons (Fsp3) is 0.214. The van der Waals surface area contributed by atoms with E-state index in [0.29, 0.717) is 17.8 Å². The standard InChI is InChI=1S/C14H15N3O3S/c1-9-4-3-5-11(13(18)19)12(9)16-14(20)17(2)6-10-7-21-8-15-10/h3-5,7-8H,6H2,1-2H3,(H,16,20)(H,18,19). The topological polar surface area (TPSA) is 82.5 Å². The second-order valence-electron chi connectivity index (χ2n) is 4.57. The molecular formula is C14H15N3O3S. The Morgan fingerprint density at radius 3 is 2.81 bits per heavy atom. The highest BCUT2D eigenvalue weighted by atomic mass is 32.1. The molecule has 0 unspecified atom stereocenters. The number of carbonyl (C=O) groups is 2. The Hall–Kier alpha value is -2.41. The van der Waals surface area contributed by atoms with Crippen molar-refractivity contribution in [3.05, 3.63) is 45.9 Å². The number of carboxylic acid groups (broad SMARTS) is 1. The highest BCUT2D eigenvalue weighted by molar-refractivity contribution is 7.07. The van der Waals surface area contributed by atoms with Gasteiger partial charge in [0.1, 0.15) is 0 Å². The zero-order valence-corrected chi connectivity index (χ0v) is 12.5. The molecule has 1 aromatic carbocycles. The van der Waals surface area contributed by atoms with Crippen molar-refractivity contribution >= 4 is 29.0 Å². The summed E-state index contributed by atoms with van der Waals surface area (Å²) in [7, 11) is 1.63. The number of aromatic carboxylic acids is 1. The van der Waals surface area contributed by atoms with E-state index in [-0.39, 0.29) is 11.6 Å². The van der Waals surface area contributed by atoms with Crippen LogP contribution >= 0.6 is 11.3 Å². The third kappa shape index (κ3) is 3.57. The largest absolute Gasteiger partial charge is 0.478 e. The molecule has 0 aliphatic carbocycles. The maximum absolute atomic E-state index is 12.2. The van der Waals surface area contributed by atoms with Crippen LogP contribution in [0.3, 0.4) is 0 Å². The Bertz CT molecular complexity index is 655. The molecule has 110 valence electrons. The fourth-order valence-electron chi connectivity index (χ4n) is 1.84. The summed E-state index contributed by atoms with van der Waals surface area (Å²) in [5.41, 5.74) is 3.59. The molecular weight excluding hydrogens is 290 g/mol. The van der Waals surface area contributed by atoms with Gasteiger partial charge < -0.3 is 15.3 Å². The van der Waals surface area contributed by atoms with Gasteiger partial charge in [-0.25, -0.2) is 14.6 Å². The predicted octanol–water partition coefficient (Wildman–Crippen LogP) is 2.81. The van der Waals surface area contributed by atoms with Crippen molar-refractivity contribution < 1.29 is 14.7 Å². The van der Waals surface area contributed by atoms with Crippen molar-refractivity contribution in [1.29, 1.82) is 0 Å². The lowest BCUT2D eigenvalue weighted by molar-refractivity contribution is 0.0698. The number of aryl methyl sites for hydroxylation is 1. The summed E-state index contributed by atoms with van der Waals surface area (Å²) in [6.07, 6.45) is 0. The van der Waals surface area contributed by atoms with E-state index in [2.05, 4.69) is 10.3 Å². The van der Waals surface area contributed by atoms with Gasteiger partial charge in [-0.1, -0.05) is 12.1 Å². The molecule has 1 heterocycles. The molecule has 7 heteroatoms. The Kier molecular flexibility index (Phi) is 4.54. The van der Waals surface area contributed by atoms with Crippen molar-refractivity contribution in [2.75, 3.05) is 12.4 Å². The number of amides is 2. The average Bonchev–Trinajstić information content (AvgIpc) is 2.93. The van der Waals surface area contributed by atoms with Gasteiger partial charge in [0, 0.05) is 12.4 Å². The van der Waals surface area contributed by atoms with Gasteiger partial charge in [0.05, 0.1) is 29.0 Å². The first-order chi connectivity index (χ1) is 9.99. The molecule has 6 nitrogen and oxygen atoms in total. The third-order valence-electron chi connectivity index (χ3n) is 2.96. The zero-order chi connectivity index (χ0) is 15.4. The van der Waals surface area contributed by atoms with Gasteiger partial charge in [-0.05, 0) is 18.6 Å². The normalized spacial score (nSPS) is 10.2. The number of hydrogen-bond donors (Lipinski definition) is 2. The lowest BCUT2D eigenvalue weighted by Crippen LogP contribution is -2.31. The van der Waals surface area contributed by atoms with Crippen molar-refractivity contribution in [3.8, 4) is 0 Å². The molecule has 21 heavy (non-hydrogen) atoms. The van der Waals surface area contributed by atoms with Crippen LogP contribution in [0.1, 0.15) is 21.6 Å². The van der Waals surface area contributed by atoms with Crippen molar-refractivity contribution in [3.63, 3.8) is 0 Å². The SMILES string of the molecule is Cc1cccc(C(=O)O)c1NC(=O)N(C)Cc1cscn1. The van der Waals surface area contributed by atoms with Gasteiger partial charge >= 0.3 is 12.0 Å². The molecule has 0 atom stereocenters. The summed E-state index contributed by atoms with van der Waals surface area (Å²) in [5, 5.41) is 13.7. The number of nitrogens with zero attached hydrogens (tertiary/aromatic N) is 2. The average molecular weight is 305 g/mol. The minimum atomic E-state index is -1.07. The van der Waals surface area contributed by atoms with E-state index in [0.717, 1.165) is 5.69 Å². The van der Waals surface area contributed by atoms with Crippen LogP contribution in [0.2, 0.25) is 0 Å². The number of anilines is 1. The van der Waals surface area contributed by atoms with Gasteiger partial charge in [0.2, 0.25) is 0 Å². The molecule has 0 spiro atoms. The van der Waals surface area contributed by atoms with Crippen LogP contribution in [-0.2, 0) is 6.54 Å². The van der Waals surface area contributed by atoms with Crippen LogP contribution in [0.5, 0.6) is 0 Å². The molecule has 2 rings (SSSR count). The van der Waals surface area contributed by atoms with Gasteiger partial charge in [-0.3, -0.25) is 0 Å². The molecule has 0 aliphatic heterocycles.